The van der Waals surface area contributed by atoms with Gasteiger partial charge in [-0.1, -0.05) is 0 Å². The number of carbonyl (C=O) groups excluding carboxylic acids is 1. The average Bonchev–Trinajstić information content (AvgIpc) is 2.86. The maximum Gasteiger partial charge on any atom is 0.419 e. The number of ether oxygens (including phenoxy) is 1. The third-order valence-corrected chi connectivity index (χ3v) is 2.94. The van der Waals surface area contributed by atoms with Crippen LogP contribution < -0.4 is 5.90 Å². The van der Waals surface area contributed by atoms with Gasteiger partial charge in [-0.25, -0.2) is 20.2 Å². The minimum Gasteiger partial charge on any atom is -0.443 e. The summed E-state index contributed by atoms with van der Waals surface area (Å²) < 4.78 is 6.62. The van der Waals surface area contributed by atoms with Crippen LogP contribution in [0, 0.1) is 0 Å². The second-order valence-corrected chi connectivity index (χ2v) is 5.74. The van der Waals surface area contributed by atoms with Crippen molar-refractivity contribution in [1.82, 2.24) is 9.55 Å². The number of aromatic nitrogens is 2. The molecule has 2 rings (SSSR count). The van der Waals surface area contributed by atoms with E-state index >= 15 is 0 Å². The molecule has 1 aromatic heterocycles. The maximum atomic E-state index is 11.8. The van der Waals surface area contributed by atoms with Crippen LogP contribution in [0.3, 0.4) is 0 Å². The second kappa shape index (κ2) is 4.37. The Balaban J connectivity index is 2.09. The van der Waals surface area contributed by atoms with Crippen molar-refractivity contribution in [3.8, 4) is 0 Å². The molecule has 1 saturated carbocycles. The van der Waals surface area contributed by atoms with Crippen LogP contribution in [0.1, 0.15) is 39.3 Å². The van der Waals surface area contributed by atoms with Gasteiger partial charge in [-0.15, -0.1) is 0 Å². The number of nitrogens with two attached hydrogens (primary N) is 1. The molecule has 0 spiro atoms. The number of nitrogens with zero attached hydrogens (tertiary/aromatic N) is 2. The minimum absolute atomic E-state index is 0.109. The molecule has 6 heteroatoms. The molecule has 0 aromatic carbocycles. The van der Waals surface area contributed by atoms with E-state index in [1.807, 2.05) is 20.8 Å². The Labute approximate surface area is 106 Å². The van der Waals surface area contributed by atoms with Gasteiger partial charge in [0.05, 0.1) is 12.3 Å². The quantitative estimate of drug-likeness (QED) is 0.827. The molecule has 18 heavy (non-hydrogen) atoms. The number of hydrogen-bond acceptors (Lipinski definition) is 5. The van der Waals surface area contributed by atoms with Crippen molar-refractivity contribution >= 4 is 6.09 Å². The van der Waals surface area contributed by atoms with E-state index in [-0.39, 0.29) is 5.41 Å². The number of imidazole rings is 1. The normalized spacial score (nSPS) is 17.6. The Morgan fingerprint density at radius 1 is 1.56 bits per heavy atom. The summed E-state index contributed by atoms with van der Waals surface area (Å²) in [4.78, 5) is 20.8. The average molecular weight is 253 g/mol. The van der Waals surface area contributed by atoms with E-state index in [2.05, 4.69) is 4.98 Å². The molecule has 1 aliphatic carbocycles. The molecule has 1 fully saturated rings. The van der Waals surface area contributed by atoms with Crippen molar-refractivity contribution in [3.63, 3.8) is 0 Å². The van der Waals surface area contributed by atoms with E-state index < -0.39 is 11.7 Å². The van der Waals surface area contributed by atoms with E-state index in [1.54, 1.807) is 6.20 Å². The van der Waals surface area contributed by atoms with Crippen LogP contribution in [0.4, 0.5) is 4.79 Å². The van der Waals surface area contributed by atoms with Crippen LogP contribution in [0.25, 0.3) is 0 Å². The molecule has 0 radical (unpaired) electrons. The molecule has 1 aliphatic rings. The Morgan fingerprint density at radius 3 is 2.72 bits per heavy atom. The summed E-state index contributed by atoms with van der Waals surface area (Å²) in [5.74, 6) is 5.12. The summed E-state index contributed by atoms with van der Waals surface area (Å²) >= 11 is 0. The van der Waals surface area contributed by atoms with Gasteiger partial charge in [0.25, 0.3) is 0 Å². The van der Waals surface area contributed by atoms with Crippen LogP contribution >= 0.6 is 0 Å². The molecule has 6 nitrogen and oxygen atoms in total. The lowest BCUT2D eigenvalue weighted by Gasteiger charge is -2.19. The van der Waals surface area contributed by atoms with Gasteiger partial charge >= 0.3 is 6.09 Å². The molecule has 0 amide bonds. The Hall–Kier alpha value is -1.40. The third-order valence-electron chi connectivity index (χ3n) is 2.94. The lowest BCUT2D eigenvalue weighted by molar-refractivity contribution is 0.0536. The zero-order chi connectivity index (χ0) is 13.4. The monoisotopic (exact) mass is 253 g/mol. The molecule has 1 heterocycles. The number of rotatable bonds is 3. The first-order chi connectivity index (χ1) is 8.36. The molecular formula is C12H19N3O3. The highest BCUT2D eigenvalue weighted by molar-refractivity contribution is 5.70. The highest BCUT2D eigenvalue weighted by atomic mass is 16.6. The van der Waals surface area contributed by atoms with Crippen LogP contribution in [0.15, 0.2) is 12.5 Å². The van der Waals surface area contributed by atoms with Gasteiger partial charge in [-0.05, 0) is 33.6 Å². The predicted molar refractivity (Wildman–Crippen MR) is 64.9 cm³/mol. The van der Waals surface area contributed by atoms with Crippen LogP contribution in [0.2, 0.25) is 0 Å². The SMILES string of the molecule is CC(C)(C)OC(=O)n1cnc(C2(CON)CC2)c1. The topological polar surface area (TPSA) is 79.4 Å². The number of carbonyl (C=O) groups is 1. The lowest BCUT2D eigenvalue weighted by atomic mass is 10.1. The van der Waals surface area contributed by atoms with Crippen molar-refractivity contribution in [1.29, 1.82) is 0 Å². The summed E-state index contributed by atoms with van der Waals surface area (Å²) in [5, 5.41) is 0. The standard InChI is InChI=1S/C12H19N3O3/c1-11(2,3)18-10(16)15-6-9(14-8-15)12(4-5-12)7-17-13/h6,8H,4-5,7,13H2,1-3H3. The third kappa shape index (κ3) is 2.70. The molecule has 0 saturated heterocycles. The van der Waals surface area contributed by atoms with E-state index in [9.17, 15) is 4.79 Å². The molecule has 0 unspecified atom stereocenters. The zero-order valence-electron chi connectivity index (χ0n) is 11.0. The molecule has 1 aromatic rings. The Morgan fingerprint density at radius 2 is 2.22 bits per heavy atom. The van der Waals surface area contributed by atoms with Gasteiger partial charge in [0, 0.05) is 11.6 Å². The maximum absolute atomic E-state index is 11.8. The van der Waals surface area contributed by atoms with E-state index in [0.717, 1.165) is 18.5 Å². The first-order valence-electron chi connectivity index (χ1n) is 5.96. The van der Waals surface area contributed by atoms with Crippen molar-refractivity contribution in [2.45, 2.75) is 44.6 Å². The van der Waals surface area contributed by atoms with Crippen molar-refractivity contribution in [2.24, 2.45) is 5.90 Å². The summed E-state index contributed by atoms with van der Waals surface area (Å²) in [6.45, 7) is 5.91. The molecule has 100 valence electrons. The summed E-state index contributed by atoms with van der Waals surface area (Å²) in [7, 11) is 0. The first kappa shape index (κ1) is 13.0. The van der Waals surface area contributed by atoms with Crippen molar-refractivity contribution in [2.75, 3.05) is 6.61 Å². The van der Waals surface area contributed by atoms with Gasteiger partial charge < -0.3 is 9.57 Å². The largest absolute Gasteiger partial charge is 0.443 e. The number of hydrogen-bond donors (Lipinski definition) is 1. The highest BCUT2D eigenvalue weighted by Gasteiger charge is 2.46. The van der Waals surface area contributed by atoms with E-state index in [4.69, 9.17) is 15.5 Å². The molecule has 0 atom stereocenters. The second-order valence-electron chi connectivity index (χ2n) is 5.74. The Kier molecular flexibility index (Phi) is 3.16. The van der Waals surface area contributed by atoms with Crippen LogP contribution in [-0.4, -0.2) is 27.9 Å². The summed E-state index contributed by atoms with van der Waals surface area (Å²) in [6, 6.07) is 0. The zero-order valence-corrected chi connectivity index (χ0v) is 11.0. The highest BCUT2D eigenvalue weighted by Crippen LogP contribution is 2.47. The van der Waals surface area contributed by atoms with Gasteiger partial charge in [-0.3, -0.25) is 0 Å². The van der Waals surface area contributed by atoms with Crippen LogP contribution in [0.5, 0.6) is 0 Å². The predicted octanol–water partition coefficient (Wildman–Crippen LogP) is 1.59. The molecular weight excluding hydrogens is 234 g/mol. The van der Waals surface area contributed by atoms with E-state index in [0.29, 0.717) is 6.61 Å². The molecule has 0 bridgehead atoms. The van der Waals surface area contributed by atoms with Crippen molar-refractivity contribution in [3.05, 3.63) is 18.2 Å². The smallest absolute Gasteiger partial charge is 0.419 e. The van der Waals surface area contributed by atoms with Crippen LogP contribution in [-0.2, 0) is 15.0 Å². The summed E-state index contributed by atoms with van der Waals surface area (Å²) in [5.41, 5.74) is 0.208. The Bertz CT molecular complexity index is 444. The van der Waals surface area contributed by atoms with E-state index in [1.165, 1.54) is 10.9 Å². The fourth-order valence-electron chi connectivity index (χ4n) is 1.80. The fraction of sp³-hybridized carbons (Fsp3) is 0.667. The van der Waals surface area contributed by atoms with Gasteiger partial charge in [0.2, 0.25) is 0 Å². The van der Waals surface area contributed by atoms with Gasteiger partial charge in [0.1, 0.15) is 11.9 Å². The minimum atomic E-state index is -0.515. The first-order valence-corrected chi connectivity index (χ1v) is 5.96. The molecule has 2 N–H and O–H groups in total. The fourth-order valence-corrected chi connectivity index (χ4v) is 1.80. The molecule has 0 aliphatic heterocycles. The van der Waals surface area contributed by atoms with Gasteiger partial charge in [0.15, 0.2) is 0 Å². The van der Waals surface area contributed by atoms with Gasteiger partial charge in [-0.2, -0.15) is 0 Å². The summed E-state index contributed by atoms with van der Waals surface area (Å²) in [6.07, 6.45) is 4.70. The lowest BCUT2D eigenvalue weighted by Crippen LogP contribution is -2.26. The van der Waals surface area contributed by atoms with Crippen molar-refractivity contribution < 1.29 is 14.4 Å².